The van der Waals surface area contributed by atoms with E-state index in [1.54, 1.807) is 35.9 Å². The minimum absolute atomic E-state index is 0.215. The third-order valence-electron chi connectivity index (χ3n) is 2.89. The van der Waals surface area contributed by atoms with Gasteiger partial charge in [-0.1, -0.05) is 6.07 Å². The predicted molar refractivity (Wildman–Crippen MR) is 85.0 cm³/mol. The van der Waals surface area contributed by atoms with E-state index in [1.165, 1.54) is 12.1 Å². The smallest absolute Gasteiger partial charge is 0.321 e. The Kier molecular flexibility index (Phi) is 3.91. The molecule has 0 radical (unpaired) electrons. The Labute approximate surface area is 132 Å². The van der Waals surface area contributed by atoms with Gasteiger partial charge in [-0.25, -0.2) is 18.4 Å². The lowest BCUT2D eigenvalue weighted by molar-refractivity contribution is 0.441. The Morgan fingerprint density at radius 3 is 2.27 bits per heavy atom. The second-order valence-electron chi connectivity index (χ2n) is 4.58. The number of rotatable bonds is 4. The summed E-state index contributed by atoms with van der Waals surface area (Å²) in [5, 5.41) is 1.99. The number of hydrogen-bond acceptors (Lipinski definition) is 6. The summed E-state index contributed by atoms with van der Waals surface area (Å²) in [5.41, 5.74) is 0.926. The van der Waals surface area contributed by atoms with Crippen LogP contribution < -0.4 is 4.74 Å². The Morgan fingerprint density at radius 2 is 1.73 bits per heavy atom. The zero-order valence-electron chi connectivity index (χ0n) is 11.6. The van der Waals surface area contributed by atoms with E-state index in [0.717, 1.165) is 16.7 Å². The molecule has 0 N–H and O–H groups in total. The maximum atomic E-state index is 11.4. The minimum Gasteiger partial charge on any atom is -0.424 e. The van der Waals surface area contributed by atoms with Gasteiger partial charge in [0.05, 0.1) is 4.90 Å². The highest BCUT2D eigenvalue weighted by molar-refractivity contribution is 7.90. The first-order valence-electron chi connectivity index (χ1n) is 6.36. The molecule has 0 saturated heterocycles. The van der Waals surface area contributed by atoms with Gasteiger partial charge in [0.15, 0.2) is 9.84 Å². The van der Waals surface area contributed by atoms with Crippen LogP contribution in [0.1, 0.15) is 0 Å². The van der Waals surface area contributed by atoms with Gasteiger partial charge in [-0.2, -0.15) is 0 Å². The van der Waals surface area contributed by atoms with Gasteiger partial charge in [-0.15, -0.1) is 11.3 Å². The summed E-state index contributed by atoms with van der Waals surface area (Å²) in [4.78, 5) is 9.64. The van der Waals surface area contributed by atoms with Crippen molar-refractivity contribution in [2.75, 3.05) is 6.26 Å². The molecule has 0 aliphatic rings. The first-order valence-corrected chi connectivity index (χ1v) is 9.13. The predicted octanol–water partition coefficient (Wildman–Crippen LogP) is 3.40. The van der Waals surface area contributed by atoms with Crippen LogP contribution in [0.15, 0.2) is 59.1 Å². The standard InChI is InChI=1S/C15H12N2O3S2/c1-22(18,19)13-6-4-12(5-7-13)20-15-16-9-11(10-17-15)14-3-2-8-21-14/h2-10H,1H3. The van der Waals surface area contributed by atoms with E-state index in [9.17, 15) is 8.42 Å². The summed E-state index contributed by atoms with van der Waals surface area (Å²) < 4.78 is 28.3. The fourth-order valence-electron chi connectivity index (χ4n) is 1.80. The number of sulfone groups is 1. The Bertz CT molecular complexity index is 856. The molecular weight excluding hydrogens is 320 g/mol. The molecule has 0 bridgehead atoms. The average molecular weight is 332 g/mol. The number of benzene rings is 1. The maximum absolute atomic E-state index is 11.4. The average Bonchev–Trinajstić information content (AvgIpc) is 3.02. The monoisotopic (exact) mass is 332 g/mol. The van der Waals surface area contributed by atoms with Crippen LogP contribution >= 0.6 is 11.3 Å². The quantitative estimate of drug-likeness (QED) is 0.732. The Balaban J connectivity index is 1.76. The summed E-state index contributed by atoms with van der Waals surface area (Å²) in [6.45, 7) is 0. The van der Waals surface area contributed by atoms with Gasteiger partial charge in [-0.05, 0) is 35.7 Å². The van der Waals surface area contributed by atoms with Gasteiger partial charge in [0.25, 0.3) is 0 Å². The zero-order chi connectivity index (χ0) is 15.6. The molecule has 0 spiro atoms. The molecule has 22 heavy (non-hydrogen) atoms. The molecule has 0 fully saturated rings. The summed E-state index contributed by atoms with van der Waals surface area (Å²) in [7, 11) is -3.21. The molecule has 0 atom stereocenters. The van der Waals surface area contributed by atoms with Gasteiger partial charge in [0, 0.05) is 29.1 Å². The Morgan fingerprint density at radius 1 is 1.05 bits per heavy atom. The largest absolute Gasteiger partial charge is 0.424 e. The van der Waals surface area contributed by atoms with Crippen molar-refractivity contribution in [2.45, 2.75) is 4.90 Å². The topological polar surface area (TPSA) is 69.2 Å². The third-order valence-corrected chi connectivity index (χ3v) is 4.94. The van der Waals surface area contributed by atoms with Crippen LogP contribution in [0.4, 0.5) is 0 Å². The molecule has 0 saturated carbocycles. The fraction of sp³-hybridized carbons (Fsp3) is 0.0667. The van der Waals surface area contributed by atoms with Crippen molar-refractivity contribution >= 4 is 21.2 Å². The first kappa shape index (κ1) is 14.7. The van der Waals surface area contributed by atoms with Gasteiger partial charge in [-0.3, -0.25) is 0 Å². The number of ether oxygens (including phenoxy) is 1. The van der Waals surface area contributed by atoms with E-state index < -0.39 is 9.84 Å². The van der Waals surface area contributed by atoms with Crippen LogP contribution in [0.2, 0.25) is 0 Å². The van der Waals surface area contributed by atoms with Gasteiger partial charge in [0.1, 0.15) is 5.75 Å². The third kappa shape index (κ3) is 3.32. The van der Waals surface area contributed by atoms with Crippen LogP contribution in [0.25, 0.3) is 10.4 Å². The van der Waals surface area contributed by atoms with Crippen molar-refractivity contribution < 1.29 is 13.2 Å². The molecule has 2 heterocycles. The van der Waals surface area contributed by atoms with Crippen molar-refractivity contribution in [1.29, 1.82) is 0 Å². The molecule has 2 aromatic heterocycles. The molecule has 5 nitrogen and oxygen atoms in total. The summed E-state index contributed by atoms with van der Waals surface area (Å²) in [6.07, 6.45) is 4.55. The van der Waals surface area contributed by atoms with Crippen molar-refractivity contribution in [3.63, 3.8) is 0 Å². The maximum Gasteiger partial charge on any atom is 0.321 e. The van der Waals surface area contributed by atoms with E-state index in [-0.39, 0.29) is 10.9 Å². The van der Waals surface area contributed by atoms with E-state index >= 15 is 0 Å². The van der Waals surface area contributed by atoms with Crippen molar-refractivity contribution in [3.8, 4) is 22.2 Å². The fourth-order valence-corrected chi connectivity index (χ4v) is 3.13. The highest BCUT2D eigenvalue weighted by atomic mass is 32.2. The van der Waals surface area contributed by atoms with E-state index in [1.807, 2.05) is 17.5 Å². The normalized spacial score (nSPS) is 11.3. The molecule has 0 unspecified atom stereocenters. The van der Waals surface area contributed by atoms with Crippen molar-refractivity contribution in [1.82, 2.24) is 9.97 Å². The van der Waals surface area contributed by atoms with Crippen LogP contribution in [-0.4, -0.2) is 24.6 Å². The lowest BCUT2D eigenvalue weighted by Gasteiger charge is -2.05. The van der Waals surface area contributed by atoms with Crippen LogP contribution in [0.3, 0.4) is 0 Å². The van der Waals surface area contributed by atoms with E-state index in [2.05, 4.69) is 9.97 Å². The molecule has 0 aliphatic carbocycles. The molecular formula is C15H12N2O3S2. The van der Waals surface area contributed by atoms with Crippen LogP contribution in [-0.2, 0) is 9.84 Å². The molecule has 112 valence electrons. The second kappa shape index (κ2) is 5.86. The first-order chi connectivity index (χ1) is 10.5. The number of hydrogen-bond donors (Lipinski definition) is 0. The van der Waals surface area contributed by atoms with Crippen molar-refractivity contribution in [3.05, 3.63) is 54.2 Å². The highest BCUT2D eigenvalue weighted by Crippen LogP contribution is 2.25. The SMILES string of the molecule is CS(=O)(=O)c1ccc(Oc2ncc(-c3cccs3)cn2)cc1. The van der Waals surface area contributed by atoms with Crippen LogP contribution in [0, 0.1) is 0 Å². The molecule has 0 amide bonds. The number of nitrogens with zero attached hydrogens (tertiary/aromatic N) is 2. The van der Waals surface area contributed by atoms with Crippen molar-refractivity contribution in [2.24, 2.45) is 0 Å². The highest BCUT2D eigenvalue weighted by Gasteiger charge is 2.08. The van der Waals surface area contributed by atoms with Crippen LogP contribution in [0.5, 0.6) is 11.8 Å². The number of aromatic nitrogens is 2. The lowest BCUT2D eigenvalue weighted by Crippen LogP contribution is -1.97. The van der Waals surface area contributed by atoms with E-state index in [0.29, 0.717) is 5.75 Å². The summed E-state index contributed by atoms with van der Waals surface area (Å²) in [6, 6.07) is 10.3. The number of thiophene rings is 1. The van der Waals surface area contributed by atoms with E-state index in [4.69, 9.17) is 4.74 Å². The van der Waals surface area contributed by atoms with Gasteiger partial charge in [0.2, 0.25) is 0 Å². The summed E-state index contributed by atoms with van der Waals surface area (Å²) in [5.74, 6) is 0.483. The molecule has 1 aromatic carbocycles. The lowest BCUT2D eigenvalue weighted by atomic mass is 10.3. The molecule has 3 rings (SSSR count). The molecule has 3 aromatic rings. The van der Waals surface area contributed by atoms with Gasteiger partial charge >= 0.3 is 6.01 Å². The minimum atomic E-state index is -3.21. The zero-order valence-corrected chi connectivity index (χ0v) is 13.3. The van der Waals surface area contributed by atoms with Gasteiger partial charge < -0.3 is 4.74 Å². The second-order valence-corrected chi connectivity index (χ2v) is 7.54. The molecule has 7 heteroatoms. The molecule has 0 aliphatic heterocycles. The summed E-state index contributed by atoms with van der Waals surface area (Å²) >= 11 is 1.61. The Hall–Kier alpha value is -2.25.